The lowest BCUT2D eigenvalue weighted by Gasteiger charge is -1.77. The first-order valence-corrected chi connectivity index (χ1v) is 2.12. The van der Waals surface area contributed by atoms with Gasteiger partial charge in [0, 0.05) is 5.37 Å². The summed E-state index contributed by atoms with van der Waals surface area (Å²) in [5.41, 5.74) is 5.96. The molecule has 0 saturated carbocycles. The van der Waals surface area contributed by atoms with Crippen molar-refractivity contribution in [2.45, 2.75) is 6.92 Å². The zero-order chi connectivity index (χ0) is 4.99. The van der Waals surface area contributed by atoms with Crippen LogP contribution in [0.2, 0.25) is 0 Å². The highest BCUT2D eigenvalue weighted by Crippen LogP contribution is 1.78. The first kappa shape index (κ1) is 5.63. The molecular formula is C4H7NS. The van der Waals surface area contributed by atoms with Gasteiger partial charge < -0.3 is 5.73 Å². The standard InChI is InChI=1S/C4H7NS/c1-4(2-5)3-6/h2-3H,5H2,1H3. The second-order valence-electron chi connectivity index (χ2n) is 1.03. The Morgan fingerprint density at radius 2 is 2.33 bits per heavy atom. The highest BCUT2D eigenvalue weighted by molar-refractivity contribution is 7.79. The van der Waals surface area contributed by atoms with E-state index in [1.54, 1.807) is 5.37 Å². The molecule has 0 atom stereocenters. The van der Waals surface area contributed by atoms with Crippen molar-refractivity contribution in [2.24, 2.45) is 5.73 Å². The van der Waals surface area contributed by atoms with Crippen LogP contribution in [0.5, 0.6) is 0 Å². The van der Waals surface area contributed by atoms with E-state index >= 15 is 0 Å². The fraction of sp³-hybridized carbons (Fsp3) is 0.250. The Bertz CT molecular complexity index is 75.6. The topological polar surface area (TPSA) is 26.0 Å². The van der Waals surface area contributed by atoms with E-state index in [2.05, 4.69) is 12.2 Å². The Balaban J connectivity index is 3.50. The van der Waals surface area contributed by atoms with E-state index in [1.807, 2.05) is 6.92 Å². The summed E-state index contributed by atoms with van der Waals surface area (Å²) in [5.74, 6) is 0. The van der Waals surface area contributed by atoms with Gasteiger partial charge in [-0.15, -0.1) is 0 Å². The van der Waals surface area contributed by atoms with Crippen LogP contribution in [0.1, 0.15) is 6.92 Å². The van der Waals surface area contributed by atoms with Crippen LogP contribution in [0.4, 0.5) is 0 Å². The predicted molar refractivity (Wildman–Crippen MR) is 31.6 cm³/mol. The third-order valence-corrected chi connectivity index (χ3v) is 0.821. The van der Waals surface area contributed by atoms with E-state index in [4.69, 9.17) is 5.73 Å². The number of thiocarbonyl (C=S) groups is 1. The van der Waals surface area contributed by atoms with E-state index in [-0.39, 0.29) is 0 Å². The molecule has 0 spiro atoms. The van der Waals surface area contributed by atoms with Crippen molar-refractivity contribution < 1.29 is 0 Å². The molecular weight excluding hydrogens is 94.1 g/mol. The molecule has 0 aromatic heterocycles. The maximum atomic E-state index is 5.02. The molecule has 34 valence electrons. The lowest BCUT2D eigenvalue weighted by Crippen LogP contribution is -1.81. The minimum atomic E-state index is 0.935. The van der Waals surface area contributed by atoms with Gasteiger partial charge in [0.2, 0.25) is 0 Å². The van der Waals surface area contributed by atoms with Gasteiger partial charge in [0.05, 0.1) is 0 Å². The Labute approximate surface area is 42.8 Å². The minimum absolute atomic E-state index is 0.935. The van der Waals surface area contributed by atoms with Gasteiger partial charge in [0.1, 0.15) is 0 Å². The highest BCUT2D eigenvalue weighted by atomic mass is 32.1. The molecule has 0 unspecified atom stereocenters. The van der Waals surface area contributed by atoms with Gasteiger partial charge in [-0.2, -0.15) is 0 Å². The summed E-state index contributed by atoms with van der Waals surface area (Å²) < 4.78 is 0. The Kier molecular flexibility index (Phi) is 2.67. The Hall–Kier alpha value is -0.370. The lowest BCUT2D eigenvalue weighted by molar-refractivity contribution is 1.50. The molecule has 0 bridgehead atoms. The largest absolute Gasteiger partial charge is 0.404 e. The molecule has 0 aromatic carbocycles. The molecule has 1 nitrogen and oxygen atoms in total. The van der Waals surface area contributed by atoms with Crippen LogP contribution in [0.25, 0.3) is 0 Å². The summed E-state index contributed by atoms with van der Waals surface area (Å²) in [6, 6.07) is 0. The van der Waals surface area contributed by atoms with Crippen molar-refractivity contribution >= 4 is 17.6 Å². The van der Waals surface area contributed by atoms with Crippen LogP contribution >= 0.6 is 12.2 Å². The molecule has 0 fully saturated rings. The average Bonchev–Trinajstić information content (AvgIpc) is 1.65. The number of allylic oxidation sites excluding steroid dienone is 1. The highest BCUT2D eigenvalue weighted by Gasteiger charge is 1.69. The van der Waals surface area contributed by atoms with Crippen LogP contribution in [-0.4, -0.2) is 5.37 Å². The van der Waals surface area contributed by atoms with Crippen LogP contribution in [-0.2, 0) is 0 Å². The van der Waals surface area contributed by atoms with Crippen molar-refractivity contribution in [3.8, 4) is 0 Å². The molecule has 0 aliphatic heterocycles. The summed E-state index contributed by atoms with van der Waals surface area (Å²) in [6.07, 6.45) is 1.48. The monoisotopic (exact) mass is 101 g/mol. The van der Waals surface area contributed by atoms with Gasteiger partial charge in [0.25, 0.3) is 0 Å². The van der Waals surface area contributed by atoms with Gasteiger partial charge in [-0.1, -0.05) is 12.2 Å². The maximum absolute atomic E-state index is 5.02. The van der Waals surface area contributed by atoms with Crippen LogP contribution < -0.4 is 5.73 Å². The fourth-order valence-corrected chi connectivity index (χ4v) is 0.118. The van der Waals surface area contributed by atoms with Crippen molar-refractivity contribution in [3.63, 3.8) is 0 Å². The molecule has 0 aromatic rings. The molecule has 0 saturated heterocycles. The maximum Gasteiger partial charge on any atom is 0.00571 e. The van der Waals surface area contributed by atoms with Crippen molar-refractivity contribution in [3.05, 3.63) is 11.8 Å². The van der Waals surface area contributed by atoms with Crippen LogP contribution in [0.3, 0.4) is 0 Å². The van der Waals surface area contributed by atoms with Gasteiger partial charge >= 0.3 is 0 Å². The van der Waals surface area contributed by atoms with Crippen molar-refractivity contribution in [1.82, 2.24) is 0 Å². The summed E-state index contributed by atoms with van der Waals surface area (Å²) >= 11 is 4.50. The van der Waals surface area contributed by atoms with Crippen molar-refractivity contribution in [2.75, 3.05) is 0 Å². The van der Waals surface area contributed by atoms with E-state index in [0.717, 1.165) is 5.57 Å². The third kappa shape index (κ3) is 1.91. The number of hydrogen-bond acceptors (Lipinski definition) is 2. The van der Waals surface area contributed by atoms with Crippen molar-refractivity contribution in [1.29, 1.82) is 0 Å². The summed E-state index contributed by atoms with van der Waals surface area (Å²) in [4.78, 5) is 0. The third-order valence-electron chi connectivity index (χ3n) is 0.449. The molecule has 6 heavy (non-hydrogen) atoms. The quantitative estimate of drug-likeness (QED) is 0.391. The van der Waals surface area contributed by atoms with E-state index in [1.165, 1.54) is 6.20 Å². The fourth-order valence-electron chi connectivity index (χ4n) is 0.0393. The molecule has 0 aliphatic carbocycles. The van der Waals surface area contributed by atoms with Crippen LogP contribution in [0.15, 0.2) is 11.8 Å². The molecule has 0 radical (unpaired) electrons. The number of hydrogen-bond donors (Lipinski definition) is 1. The smallest absolute Gasteiger partial charge is 0.00571 e. The van der Waals surface area contributed by atoms with E-state index < -0.39 is 0 Å². The summed E-state index contributed by atoms with van der Waals surface area (Å²) in [7, 11) is 0. The normalized spacial score (nSPS) is 11.2. The van der Waals surface area contributed by atoms with Gasteiger partial charge in [-0.3, -0.25) is 0 Å². The molecule has 2 heteroatoms. The zero-order valence-corrected chi connectivity index (χ0v) is 4.46. The van der Waals surface area contributed by atoms with E-state index in [9.17, 15) is 0 Å². The lowest BCUT2D eigenvalue weighted by atomic mass is 10.4. The Morgan fingerprint density at radius 3 is 2.33 bits per heavy atom. The average molecular weight is 101 g/mol. The molecule has 0 aliphatic rings. The predicted octanol–water partition coefficient (Wildman–Crippen LogP) is 0.849. The van der Waals surface area contributed by atoms with E-state index in [0.29, 0.717) is 0 Å². The van der Waals surface area contributed by atoms with Crippen LogP contribution in [0, 0.1) is 0 Å². The molecule has 2 N–H and O–H groups in total. The molecule has 0 rings (SSSR count). The number of nitrogens with two attached hydrogens (primary N) is 1. The van der Waals surface area contributed by atoms with Gasteiger partial charge in [-0.25, -0.2) is 0 Å². The first-order valence-electron chi connectivity index (χ1n) is 1.65. The summed E-state index contributed by atoms with van der Waals surface area (Å²) in [6.45, 7) is 1.85. The minimum Gasteiger partial charge on any atom is -0.404 e. The first-order chi connectivity index (χ1) is 2.81. The van der Waals surface area contributed by atoms with Gasteiger partial charge in [-0.05, 0) is 18.7 Å². The second kappa shape index (κ2) is 2.85. The Morgan fingerprint density at radius 1 is 1.83 bits per heavy atom. The second-order valence-corrected chi connectivity index (χ2v) is 1.26. The zero-order valence-electron chi connectivity index (χ0n) is 3.64. The molecule has 0 heterocycles. The SMILES string of the molecule is CC(C=S)=CN. The van der Waals surface area contributed by atoms with Gasteiger partial charge in [0.15, 0.2) is 0 Å². The summed E-state index contributed by atoms with van der Waals surface area (Å²) in [5, 5.41) is 1.54. The number of rotatable bonds is 1. The molecule has 0 amide bonds.